The van der Waals surface area contributed by atoms with Gasteiger partial charge in [0, 0.05) is 17.4 Å². The van der Waals surface area contributed by atoms with E-state index in [1.165, 1.54) is 16.9 Å². The number of ether oxygens (including phenoxy) is 1. The lowest BCUT2D eigenvalue weighted by Crippen LogP contribution is -2.01. The molecule has 1 heterocycles. The molecule has 23 heavy (non-hydrogen) atoms. The number of thiazole rings is 1. The molecule has 116 valence electrons. The van der Waals surface area contributed by atoms with Crippen LogP contribution in [-0.4, -0.2) is 22.7 Å². The number of nitrogens with zero attached hydrogens (tertiary/aromatic N) is 1. The molecule has 3 rings (SSSR count). The number of hydrogen-bond donors (Lipinski definition) is 1. The van der Waals surface area contributed by atoms with Crippen LogP contribution in [0.25, 0.3) is 10.6 Å². The highest BCUT2D eigenvalue weighted by atomic mass is 32.1. The normalized spacial score (nSPS) is 10.4. The lowest BCUT2D eigenvalue weighted by molar-refractivity contribution is 0.0691. The molecule has 4 nitrogen and oxygen atoms in total. The molecule has 0 aliphatic carbocycles. The molecule has 3 aromatic rings. The van der Waals surface area contributed by atoms with Crippen LogP contribution in [-0.2, 0) is 6.42 Å². The Morgan fingerprint density at radius 2 is 1.83 bits per heavy atom. The highest BCUT2D eigenvalue weighted by Crippen LogP contribution is 2.25. The highest BCUT2D eigenvalue weighted by molar-refractivity contribution is 7.13. The Kier molecular flexibility index (Phi) is 4.68. The Hall–Kier alpha value is -2.66. The van der Waals surface area contributed by atoms with E-state index in [4.69, 9.17) is 9.84 Å². The van der Waals surface area contributed by atoms with Crippen LogP contribution in [0.3, 0.4) is 0 Å². The Balaban J connectivity index is 1.59. The Labute approximate surface area is 138 Å². The highest BCUT2D eigenvalue weighted by Gasteiger charge is 2.10. The molecule has 0 bridgehead atoms. The second kappa shape index (κ2) is 7.07. The number of carbonyl (C=O) groups is 1. The summed E-state index contributed by atoms with van der Waals surface area (Å²) in [6.07, 6.45) is 0.858. The fourth-order valence-corrected chi connectivity index (χ4v) is 2.93. The van der Waals surface area contributed by atoms with Gasteiger partial charge < -0.3 is 9.84 Å². The van der Waals surface area contributed by atoms with E-state index < -0.39 is 5.97 Å². The molecule has 0 saturated carbocycles. The first-order valence-corrected chi connectivity index (χ1v) is 8.06. The molecule has 1 aromatic heterocycles. The van der Waals surface area contributed by atoms with Gasteiger partial charge >= 0.3 is 5.97 Å². The van der Waals surface area contributed by atoms with E-state index in [1.54, 1.807) is 5.38 Å². The Morgan fingerprint density at radius 3 is 2.48 bits per heavy atom. The standard InChI is InChI=1S/C18H15NO3S/c20-18(21)16-12-23-17(19-16)14-6-8-15(9-7-14)22-11-10-13-4-2-1-3-5-13/h1-9,12H,10-11H2,(H,20,21). The summed E-state index contributed by atoms with van der Waals surface area (Å²) in [5.41, 5.74) is 2.21. The molecule has 0 saturated heterocycles. The summed E-state index contributed by atoms with van der Waals surface area (Å²) in [7, 11) is 0. The quantitative estimate of drug-likeness (QED) is 0.740. The van der Waals surface area contributed by atoms with Gasteiger partial charge in [-0.2, -0.15) is 0 Å². The minimum atomic E-state index is -1.01. The van der Waals surface area contributed by atoms with Gasteiger partial charge in [-0.1, -0.05) is 30.3 Å². The number of rotatable bonds is 6. The molecule has 5 heteroatoms. The van der Waals surface area contributed by atoms with E-state index in [-0.39, 0.29) is 5.69 Å². The van der Waals surface area contributed by atoms with Crippen LogP contribution in [0.4, 0.5) is 0 Å². The summed E-state index contributed by atoms with van der Waals surface area (Å²) in [6.45, 7) is 0.615. The van der Waals surface area contributed by atoms with Gasteiger partial charge in [0.1, 0.15) is 10.8 Å². The first-order chi connectivity index (χ1) is 11.2. The third kappa shape index (κ3) is 3.96. The SMILES string of the molecule is O=C(O)c1csc(-c2ccc(OCCc3ccccc3)cc2)n1. The number of aromatic carboxylic acids is 1. The summed E-state index contributed by atoms with van der Waals surface area (Å²) in [6, 6.07) is 17.7. The van der Waals surface area contributed by atoms with Crippen molar-refractivity contribution < 1.29 is 14.6 Å². The van der Waals surface area contributed by atoms with Crippen molar-refractivity contribution in [2.75, 3.05) is 6.61 Å². The second-order valence-electron chi connectivity index (χ2n) is 4.95. The van der Waals surface area contributed by atoms with Crippen molar-refractivity contribution in [1.82, 2.24) is 4.98 Å². The molecular formula is C18H15NO3S. The maximum Gasteiger partial charge on any atom is 0.355 e. The van der Waals surface area contributed by atoms with Gasteiger partial charge in [0.25, 0.3) is 0 Å². The van der Waals surface area contributed by atoms with Gasteiger partial charge in [0.2, 0.25) is 0 Å². The molecule has 0 aliphatic rings. The largest absolute Gasteiger partial charge is 0.493 e. The lowest BCUT2D eigenvalue weighted by Gasteiger charge is -2.06. The molecule has 1 N–H and O–H groups in total. The number of carboxylic acid groups (broad SMARTS) is 1. The molecule has 0 aliphatic heterocycles. The van der Waals surface area contributed by atoms with Gasteiger partial charge in [-0.05, 0) is 29.8 Å². The zero-order valence-electron chi connectivity index (χ0n) is 12.3. The first-order valence-electron chi connectivity index (χ1n) is 7.18. The van der Waals surface area contributed by atoms with Gasteiger partial charge in [-0.15, -0.1) is 11.3 Å². The van der Waals surface area contributed by atoms with Gasteiger partial charge in [0.15, 0.2) is 5.69 Å². The molecule has 0 fully saturated rings. The molecule has 0 atom stereocenters. The minimum Gasteiger partial charge on any atom is -0.493 e. The Bertz CT molecular complexity index is 782. The summed E-state index contributed by atoms with van der Waals surface area (Å²) in [4.78, 5) is 14.9. The molecule has 0 spiro atoms. The van der Waals surface area contributed by atoms with Crippen LogP contribution in [0.1, 0.15) is 16.1 Å². The van der Waals surface area contributed by atoms with Gasteiger partial charge in [-0.3, -0.25) is 0 Å². The smallest absolute Gasteiger partial charge is 0.355 e. The molecule has 0 amide bonds. The fourth-order valence-electron chi connectivity index (χ4n) is 2.13. The minimum absolute atomic E-state index is 0.0770. The topological polar surface area (TPSA) is 59.4 Å². The predicted octanol–water partition coefficient (Wildman–Crippen LogP) is 4.13. The van der Waals surface area contributed by atoms with E-state index in [0.717, 1.165) is 17.7 Å². The predicted molar refractivity (Wildman–Crippen MR) is 90.2 cm³/mol. The summed E-state index contributed by atoms with van der Waals surface area (Å²) in [5.74, 6) is -0.215. The van der Waals surface area contributed by atoms with Gasteiger partial charge in [0.05, 0.1) is 6.61 Å². The number of benzene rings is 2. The van der Waals surface area contributed by atoms with E-state index in [0.29, 0.717) is 11.6 Å². The van der Waals surface area contributed by atoms with Crippen molar-refractivity contribution >= 4 is 17.3 Å². The van der Waals surface area contributed by atoms with Crippen molar-refractivity contribution in [2.24, 2.45) is 0 Å². The third-order valence-corrected chi connectivity index (χ3v) is 4.22. The average molecular weight is 325 g/mol. The van der Waals surface area contributed by atoms with E-state index in [2.05, 4.69) is 17.1 Å². The van der Waals surface area contributed by atoms with Crippen LogP contribution in [0.15, 0.2) is 60.0 Å². The van der Waals surface area contributed by atoms with E-state index in [1.807, 2.05) is 42.5 Å². The zero-order chi connectivity index (χ0) is 16.1. The van der Waals surface area contributed by atoms with Crippen LogP contribution >= 0.6 is 11.3 Å². The maximum atomic E-state index is 10.9. The summed E-state index contributed by atoms with van der Waals surface area (Å²) >= 11 is 1.32. The third-order valence-electron chi connectivity index (χ3n) is 3.33. The van der Waals surface area contributed by atoms with Gasteiger partial charge in [-0.25, -0.2) is 9.78 Å². The van der Waals surface area contributed by atoms with Crippen LogP contribution < -0.4 is 4.74 Å². The van der Waals surface area contributed by atoms with Crippen LogP contribution in [0, 0.1) is 0 Å². The zero-order valence-corrected chi connectivity index (χ0v) is 13.1. The average Bonchev–Trinajstić information content (AvgIpc) is 3.07. The monoisotopic (exact) mass is 325 g/mol. The summed E-state index contributed by atoms with van der Waals surface area (Å²) < 4.78 is 5.73. The van der Waals surface area contributed by atoms with Crippen molar-refractivity contribution in [1.29, 1.82) is 0 Å². The van der Waals surface area contributed by atoms with Crippen molar-refractivity contribution in [3.63, 3.8) is 0 Å². The first kappa shape index (κ1) is 15.2. The second-order valence-corrected chi connectivity index (χ2v) is 5.81. The molecule has 0 unspecified atom stereocenters. The molecular weight excluding hydrogens is 310 g/mol. The van der Waals surface area contributed by atoms with Crippen LogP contribution in [0.5, 0.6) is 5.75 Å². The lowest BCUT2D eigenvalue weighted by atomic mass is 10.2. The van der Waals surface area contributed by atoms with Crippen molar-refractivity contribution in [3.8, 4) is 16.3 Å². The van der Waals surface area contributed by atoms with Crippen molar-refractivity contribution in [3.05, 3.63) is 71.2 Å². The molecule has 0 radical (unpaired) electrons. The Morgan fingerprint density at radius 1 is 1.09 bits per heavy atom. The summed E-state index contributed by atoms with van der Waals surface area (Å²) in [5, 5.41) is 11.1. The number of hydrogen-bond acceptors (Lipinski definition) is 4. The van der Waals surface area contributed by atoms with Crippen LogP contribution in [0.2, 0.25) is 0 Å². The number of aromatic nitrogens is 1. The maximum absolute atomic E-state index is 10.9. The molecule has 2 aromatic carbocycles. The van der Waals surface area contributed by atoms with Crippen molar-refractivity contribution in [2.45, 2.75) is 6.42 Å². The van der Waals surface area contributed by atoms with E-state index in [9.17, 15) is 4.79 Å². The fraction of sp³-hybridized carbons (Fsp3) is 0.111. The van der Waals surface area contributed by atoms with E-state index >= 15 is 0 Å². The number of carboxylic acids is 1.